The molecule has 94 valence electrons. The van der Waals surface area contributed by atoms with E-state index in [1.54, 1.807) is 18.2 Å². The summed E-state index contributed by atoms with van der Waals surface area (Å²) < 4.78 is 5.43. The zero-order valence-corrected chi connectivity index (χ0v) is 10.1. The van der Waals surface area contributed by atoms with Gasteiger partial charge in [0.25, 0.3) is 5.69 Å². The fraction of sp³-hybridized carbons (Fsp3) is 0.231. The van der Waals surface area contributed by atoms with Crippen LogP contribution in [-0.2, 0) is 6.42 Å². The smallest absolute Gasteiger partial charge is 0.292 e. The maximum atomic E-state index is 10.8. The molecule has 0 unspecified atom stereocenters. The van der Waals surface area contributed by atoms with Crippen LogP contribution in [0.25, 0.3) is 0 Å². The third-order valence-electron chi connectivity index (χ3n) is 2.58. The SMILES string of the molecule is Cc1ccc(CCNc2ccccc2[N+](=O)[O-])o1. The number of hydrogen-bond acceptors (Lipinski definition) is 4. The zero-order valence-electron chi connectivity index (χ0n) is 10.1. The summed E-state index contributed by atoms with van der Waals surface area (Å²) in [5, 5.41) is 13.9. The van der Waals surface area contributed by atoms with Gasteiger partial charge in [-0.25, -0.2) is 0 Å². The molecule has 1 aromatic heterocycles. The molecule has 1 N–H and O–H groups in total. The van der Waals surface area contributed by atoms with Crippen molar-refractivity contribution in [3.8, 4) is 0 Å². The van der Waals surface area contributed by atoms with Crippen molar-refractivity contribution in [2.24, 2.45) is 0 Å². The number of para-hydroxylation sites is 2. The number of nitrogens with one attached hydrogen (secondary N) is 1. The second-order valence-corrected chi connectivity index (χ2v) is 3.96. The molecule has 0 atom stereocenters. The molecule has 5 nitrogen and oxygen atoms in total. The predicted octanol–water partition coefficient (Wildman–Crippen LogP) is 3.15. The molecule has 5 heteroatoms. The number of furan rings is 1. The summed E-state index contributed by atoms with van der Waals surface area (Å²) in [7, 11) is 0. The van der Waals surface area contributed by atoms with Crippen molar-refractivity contribution in [3.05, 3.63) is 58.0 Å². The first-order valence-electron chi connectivity index (χ1n) is 5.69. The Morgan fingerprint density at radius 3 is 2.72 bits per heavy atom. The molecule has 2 aromatic rings. The van der Waals surface area contributed by atoms with Gasteiger partial charge in [0.2, 0.25) is 0 Å². The normalized spacial score (nSPS) is 10.3. The highest BCUT2D eigenvalue weighted by atomic mass is 16.6. The lowest BCUT2D eigenvalue weighted by Gasteiger charge is -2.05. The first kappa shape index (κ1) is 12.2. The third-order valence-corrected chi connectivity index (χ3v) is 2.58. The minimum absolute atomic E-state index is 0.0909. The van der Waals surface area contributed by atoms with E-state index >= 15 is 0 Å². The summed E-state index contributed by atoms with van der Waals surface area (Å²) >= 11 is 0. The summed E-state index contributed by atoms with van der Waals surface area (Å²) in [5.74, 6) is 1.74. The maximum Gasteiger partial charge on any atom is 0.292 e. The van der Waals surface area contributed by atoms with Gasteiger partial charge < -0.3 is 9.73 Å². The van der Waals surface area contributed by atoms with Crippen LogP contribution in [0.1, 0.15) is 11.5 Å². The topological polar surface area (TPSA) is 68.3 Å². The predicted molar refractivity (Wildman–Crippen MR) is 68.7 cm³/mol. The molecule has 1 heterocycles. The molecule has 0 fully saturated rings. The van der Waals surface area contributed by atoms with Gasteiger partial charge in [0, 0.05) is 19.0 Å². The molecule has 0 amide bonds. The summed E-state index contributed by atoms with van der Waals surface area (Å²) in [6, 6.07) is 10.4. The second kappa shape index (κ2) is 5.35. The van der Waals surface area contributed by atoms with Crippen molar-refractivity contribution < 1.29 is 9.34 Å². The van der Waals surface area contributed by atoms with E-state index in [0.717, 1.165) is 11.5 Å². The Bertz CT molecular complexity index is 549. The van der Waals surface area contributed by atoms with Crippen molar-refractivity contribution in [1.82, 2.24) is 0 Å². The molecule has 1 aromatic carbocycles. The fourth-order valence-corrected chi connectivity index (χ4v) is 1.72. The maximum absolute atomic E-state index is 10.8. The van der Waals surface area contributed by atoms with E-state index < -0.39 is 0 Å². The summed E-state index contributed by atoms with van der Waals surface area (Å²) in [4.78, 5) is 10.4. The van der Waals surface area contributed by atoms with E-state index in [1.165, 1.54) is 6.07 Å². The van der Waals surface area contributed by atoms with Crippen molar-refractivity contribution in [2.75, 3.05) is 11.9 Å². The molecule has 18 heavy (non-hydrogen) atoms. The van der Waals surface area contributed by atoms with Crippen LogP contribution in [0, 0.1) is 17.0 Å². The number of nitro benzene ring substituents is 1. The van der Waals surface area contributed by atoms with Crippen LogP contribution < -0.4 is 5.32 Å². The van der Waals surface area contributed by atoms with E-state index in [2.05, 4.69) is 5.32 Å². The van der Waals surface area contributed by atoms with E-state index in [1.807, 2.05) is 19.1 Å². The average Bonchev–Trinajstić information content (AvgIpc) is 2.75. The minimum Gasteiger partial charge on any atom is -0.466 e. The first-order chi connectivity index (χ1) is 8.66. The van der Waals surface area contributed by atoms with Gasteiger partial charge in [-0.15, -0.1) is 0 Å². The fourth-order valence-electron chi connectivity index (χ4n) is 1.72. The van der Waals surface area contributed by atoms with Gasteiger partial charge in [0.15, 0.2) is 0 Å². The van der Waals surface area contributed by atoms with E-state index in [9.17, 15) is 10.1 Å². The molecule has 0 aliphatic heterocycles. The summed E-state index contributed by atoms with van der Waals surface area (Å²) in [6.45, 7) is 2.48. The quantitative estimate of drug-likeness (QED) is 0.650. The number of nitrogens with zero attached hydrogens (tertiary/aromatic N) is 1. The van der Waals surface area contributed by atoms with Crippen LogP contribution in [0.3, 0.4) is 0 Å². The third kappa shape index (κ3) is 2.88. The number of hydrogen-bond donors (Lipinski definition) is 1. The first-order valence-corrected chi connectivity index (χ1v) is 5.69. The molecule has 0 spiro atoms. The highest BCUT2D eigenvalue weighted by molar-refractivity contribution is 5.61. The highest BCUT2D eigenvalue weighted by Gasteiger charge is 2.11. The van der Waals surface area contributed by atoms with Crippen LogP contribution >= 0.6 is 0 Å². The standard InChI is InChI=1S/C13H14N2O3/c1-10-6-7-11(18-10)8-9-14-12-4-2-3-5-13(12)15(16)17/h2-7,14H,8-9H2,1H3. The van der Waals surface area contributed by atoms with E-state index in [0.29, 0.717) is 18.7 Å². The Kier molecular flexibility index (Phi) is 3.62. The summed E-state index contributed by atoms with van der Waals surface area (Å²) in [6.07, 6.45) is 0.694. The lowest BCUT2D eigenvalue weighted by atomic mass is 10.2. The van der Waals surface area contributed by atoms with Crippen molar-refractivity contribution in [1.29, 1.82) is 0 Å². The van der Waals surface area contributed by atoms with Gasteiger partial charge in [0.1, 0.15) is 17.2 Å². The number of anilines is 1. The number of benzene rings is 1. The van der Waals surface area contributed by atoms with E-state index in [4.69, 9.17) is 4.42 Å². The van der Waals surface area contributed by atoms with Crippen LogP contribution in [-0.4, -0.2) is 11.5 Å². The summed E-state index contributed by atoms with van der Waals surface area (Å²) in [5.41, 5.74) is 0.624. The monoisotopic (exact) mass is 246 g/mol. The van der Waals surface area contributed by atoms with Crippen LogP contribution in [0.15, 0.2) is 40.8 Å². The van der Waals surface area contributed by atoms with Crippen LogP contribution in [0.2, 0.25) is 0 Å². The lowest BCUT2D eigenvalue weighted by molar-refractivity contribution is -0.384. The Labute approximate surface area is 105 Å². The molecule has 0 aliphatic carbocycles. The second-order valence-electron chi connectivity index (χ2n) is 3.96. The molecule has 0 aliphatic rings. The Balaban J connectivity index is 1.96. The van der Waals surface area contributed by atoms with Crippen molar-refractivity contribution in [2.45, 2.75) is 13.3 Å². The van der Waals surface area contributed by atoms with Crippen LogP contribution in [0.5, 0.6) is 0 Å². The molecule has 0 radical (unpaired) electrons. The number of rotatable bonds is 5. The highest BCUT2D eigenvalue weighted by Crippen LogP contribution is 2.23. The van der Waals surface area contributed by atoms with Gasteiger partial charge in [-0.3, -0.25) is 10.1 Å². The molecular weight excluding hydrogens is 232 g/mol. The Morgan fingerprint density at radius 2 is 2.06 bits per heavy atom. The number of nitro groups is 1. The Hall–Kier alpha value is -2.30. The molecule has 0 bridgehead atoms. The lowest BCUT2D eigenvalue weighted by Crippen LogP contribution is -2.06. The van der Waals surface area contributed by atoms with Gasteiger partial charge in [-0.05, 0) is 25.1 Å². The van der Waals surface area contributed by atoms with E-state index in [-0.39, 0.29) is 10.6 Å². The average molecular weight is 246 g/mol. The molecule has 0 saturated heterocycles. The zero-order chi connectivity index (χ0) is 13.0. The van der Waals surface area contributed by atoms with Gasteiger partial charge in [-0.2, -0.15) is 0 Å². The molecular formula is C13H14N2O3. The van der Waals surface area contributed by atoms with Gasteiger partial charge >= 0.3 is 0 Å². The molecule has 2 rings (SSSR count). The van der Waals surface area contributed by atoms with Crippen molar-refractivity contribution in [3.63, 3.8) is 0 Å². The van der Waals surface area contributed by atoms with Gasteiger partial charge in [-0.1, -0.05) is 12.1 Å². The molecule has 0 saturated carbocycles. The van der Waals surface area contributed by atoms with Crippen molar-refractivity contribution >= 4 is 11.4 Å². The van der Waals surface area contributed by atoms with Gasteiger partial charge in [0.05, 0.1) is 4.92 Å². The Morgan fingerprint density at radius 1 is 1.28 bits per heavy atom. The minimum atomic E-state index is -0.390. The largest absolute Gasteiger partial charge is 0.466 e. The van der Waals surface area contributed by atoms with Crippen LogP contribution in [0.4, 0.5) is 11.4 Å². The number of aryl methyl sites for hydroxylation is 1.